The van der Waals surface area contributed by atoms with Gasteiger partial charge in [0, 0.05) is 25.8 Å². The van der Waals surface area contributed by atoms with Gasteiger partial charge in [-0.3, -0.25) is 14.2 Å². The van der Waals surface area contributed by atoms with Gasteiger partial charge in [-0.25, -0.2) is 4.79 Å². The number of aromatic nitrogens is 2. The number of benzene rings is 1. The second-order valence-corrected chi connectivity index (χ2v) is 6.33. The number of nitrogens with zero attached hydrogens (tertiary/aromatic N) is 1. The summed E-state index contributed by atoms with van der Waals surface area (Å²) < 4.78 is 11.6. The molecule has 8 nitrogen and oxygen atoms in total. The van der Waals surface area contributed by atoms with E-state index in [1.54, 1.807) is 33.1 Å². The molecule has 0 aliphatic rings. The second kappa shape index (κ2) is 9.43. The SMILES string of the molecule is CCOC(=O)C(C)NC(=O)c1ccc2c(=O)n(CCCOC)c(=S)[nH]c2c1. The lowest BCUT2D eigenvalue weighted by molar-refractivity contribution is -0.144. The largest absolute Gasteiger partial charge is 0.464 e. The molecule has 0 aliphatic carbocycles. The predicted molar refractivity (Wildman–Crippen MR) is 103 cm³/mol. The number of ether oxygens (including phenoxy) is 2. The maximum Gasteiger partial charge on any atom is 0.328 e. The lowest BCUT2D eigenvalue weighted by atomic mass is 10.1. The van der Waals surface area contributed by atoms with E-state index in [1.165, 1.54) is 10.6 Å². The van der Waals surface area contributed by atoms with Gasteiger partial charge in [0.05, 0.1) is 17.5 Å². The number of nitrogens with one attached hydrogen (secondary N) is 2. The van der Waals surface area contributed by atoms with Gasteiger partial charge in [-0.1, -0.05) is 0 Å². The molecule has 1 aromatic carbocycles. The van der Waals surface area contributed by atoms with Crippen LogP contribution in [0.3, 0.4) is 0 Å². The molecule has 0 bridgehead atoms. The first kappa shape index (κ1) is 20.8. The fourth-order valence-electron chi connectivity index (χ4n) is 2.57. The first-order valence-corrected chi connectivity index (χ1v) is 9.03. The van der Waals surface area contributed by atoms with Gasteiger partial charge in [0.15, 0.2) is 4.77 Å². The van der Waals surface area contributed by atoms with Crippen molar-refractivity contribution in [1.29, 1.82) is 0 Å². The van der Waals surface area contributed by atoms with Crippen LogP contribution < -0.4 is 10.9 Å². The van der Waals surface area contributed by atoms with E-state index in [2.05, 4.69) is 10.3 Å². The van der Waals surface area contributed by atoms with Crippen LogP contribution in [0.5, 0.6) is 0 Å². The first-order valence-electron chi connectivity index (χ1n) is 8.62. The lowest BCUT2D eigenvalue weighted by Crippen LogP contribution is -2.39. The van der Waals surface area contributed by atoms with Crippen molar-refractivity contribution in [1.82, 2.24) is 14.9 Å². The minimum Gasteiger partial charge on any atom is -0.464 e. The Morgan fingerprint density at radius 1 is 1.37 bits per heavy atom. The zero-order valence-electron chi connectivity index (χ0n) is 15.5. The third-order valence-electron chi connectivity index (χ3n) is 3.96. The number of methoxy groups -OCH3 is 1. The highest BCUT2D eigenvalue weighted by Gasteiger charge is 2.18. The minimum absolute atomic E-state index is 0.225. The van der Waals surface area contributed by atoms with E-state index in [9.17, 15) is 14.4 Å². The van der Waals surface area contributed by atoms with Gasteiger partial charge >= 0.3 is 5.97 Å². The van der Waals surface area contributed by atoms with Gasteiger partial charge < -0.3 is 19.8 Å². The molecule has 146 valence electrons. The van der Waals surface area contributed by atoms with Crippen molar-refractivity contribution >= 4 is 35.0 Å². The molecule has 1 heterocycles. The summed E-state index contributed by atoms with van der Waals surface area (Å²) in [4.78, 5) is 39.6. The molecule has 1 amide bonds. The summed E-state index contributed by atoms with van der Waals surface area (Å²) in [6.07, 6.45) is 0.658. The Bertz CT molecular complexity index is 950. The Morgan fingerprint density at radius 2 is 2.11 bits per heavy atom. The topological polar surface area (TPSA) is 102 Å². The molecule has 2 aromatic rings. The van der Waals surface area contributed by atoms with Crippen LogP contribution in [0.15, 0.2) is 23.0 Å². The van der Waals surface area contributed by atoms with Gasteiger partial charge in [0.25, 0.3) is 11.5 Å². The van der Waals surface area contributed by atoms with Crippen LogP contribution in [0.4, 0.5) is 0 Å². The molecule has 0 spiro atoms. The Kier molecular flexibility index (Phi) is 7.26. The molecular weight excluding hydrogens is 370 g/mol. The van der Waals surface area contributed by atoms with E-state index in [4.69, 9.17) is 21.7 Å². The van der Waals surface area contributed by atoms with Crippen molar-refractivity contribution in [3.63, 3.8) is 0 Å². The molecule has 0 fully saturated rings. The Morgan fingerprint density at radius 3 is 2.78 bits per heavy atom. The Balaban J connectivity index is 2.28. The summed E-state index contributed by atoms with van der Waals surface area (Å²) >= 11 is 5.26. The van der Waals surface area contributed by atoms with Crippen LogP contribution in [-0.2, 0) is 20.8 Å². The first-order chi connectivity index (χ1) is 12.9. The summed E-state index contributed by atoms with van der Waals surface area (Å²) in [7, 11) is 1.60. The van der Waals surface area contributed by atoms with E-state index in [1.807, 2.05) is 0 Å². The van der Waals surface area contributed by atoms with E-state index in [0.717, 1.165) is 0 Å². The number of aromatic amines is 1. The van der Waals surface area contributed by atoms with Gasteiger partial charge in [0.1, 0.15) is 6.04 Å². The van der Waals surface area contributed by atoms with Crippen molar-refractivity contribution in [2.45, 2.75) is 32.9 Å². The molecule has 1 aromatic heterocycles. The molecule has 0 aliphatic heterocycles. The molecule has 0 saturated heterocycles. The highest BCUT2D eigenvalue weighted by atomic mass is 32.1. The Labute approximate surface area is 161 Å². The van der Waals surface area contributed by atoms with Crippen LogP contribution in [0.1, 0.15) is 30.6 Å². The summed E-state index contributed by atoms with van der Waals surface area (Å²) in [5.41, 5.74) is 0.543. The number of fused-ring (bicyclic) bond motifs is 1. The molecular formula is C18H23N3O5S. The summed E-state index contributed by atoms with van der Waals surface area (Å²) in [6, 6.07) is 3.87. The van der Waals surface area contributed by atoms with Crippen LogP contribution in [0.2, 0.25) is 0 Å². The monoisotopic (exact) mass is 393 g/mol. The normalized spacial score (nSPS) is 12.0. The highest BCUT2D eigenvalue weighted by Crippen LogP contribution is 2.11. The van der Waals surface area contributed by atoms with E-state index >= 15 is 0 Å². The van der Waals surface area contributed by atoms with Gasteiger partial charge in [-0.05, 0) is 50.7 Å². The lowest BCUT2D eigenvalue weighted by Gasteiger charge is -2.13. The summed E-state index contributed by atoms with van der Waals surface area (Å²) in [5, 5.41) is 3.00. The van der Waals surface area contributed by atoms with Crippen molar-refractivity contribution < 1.29 is 19.1 Å². The number of carbonyl (C=O) groups is 2. The molecule has 2 rings (SSSR count). The highest BCUT2D eigenvalue weighted by molar-refractivity contribution is 7.71. The van der Waals surface area contributed by atoms with Crippen molar-refractivity contribution in [3.8, 4) is 0 Å². The van der Waals surface area contributed by atoms with E-state index < -0.39 is 17.9 Å². The number of hydrogen-bond acceptors (Lipinski definition) is 6. The van der Waals surface area contributed by atoms with Crippen LogP contribution in [-0.4, -0.2) is 47.8 Å². The molecule has 27 heavy (non-hydrogen) atoms. The third-order valence-corrected chi connectivity index (χ3v) is 4.28. The zero-order valence-corrected chi connectivity index (χ0v) is 16.4. The van der Waals surface area contributed by atoms with Crippen molar-refractivity contribution in [2.75, 3.05) is 20.3 Å². The molecule has 0 saturated carbocycles. The van der Waals surface area contributed by atoms with Crippen molar-refractivity contribution in [2.24, 2.45) is 0 Å². The fraction of sp³-hybridized carbons (Fsp3) is 0.444. The number of rotatable bonds is 8. The van der Waals surface area contributed by atoms with Crippen molar-refractivity contribution in [3.05, 3.63) is 38.9 Å². The van der Waals surface area contributed by atoms with Crippen LogP contribution in [0, 0.1) is 4.77 Å². The molecule has 2 N–H and O–H groups in total. The van der Waals surface area contributed by atoms with Crippen LogP contribution >= 0.6 is 12.2 Å². The molecule has 0 radical (unpaired) electrons. The van der Waals surface area contributed by atoms with E-state index in [0.29, 0.717) is 36.0 Å². The van der Waals surface area contributed by atoms with Gasteiger partial charge in [0.2, 0.25) is 0 Å². The number of H-pyrrole nitrogens is 1. The summed E-state index contributed by atoms with van der Waals surface area (Å²) in [6.45, 7) is 4.44. The standard InChI is InChI=1S/C18H23N3O5S/c1-4-26-17(24)11(2)19-15(22)12-6-7-13-14(10-12)20-18(27)21(16(13)23)8-5-9-25-3/h6-7,10-11H,4-5,8-9H2,1-3H3,(H,19,22)(H,20,27). The number of carbonyl (C=O) groups excluding carboxylic acids is 2. The van der Waals surface area contributed by atoms with E-state index in [-0.39, 0.29) is 16.9 Å². The second-order valence-electron chi connectivity index (χ2n) is 5.94. The molecule has 1 unspecified atom stereocenters. The maximum atomic E-state index is 12.6. The zero-order chi connectivity index (χ0) is 20.0. The maximum absolute atomic E-state index is 12.6. The average Bonchev–Trinajstić information content (AvgIpc) is 2.64. The average molecular weight is 393 g/mol. The molecule has 1 atom stereocenters. The van der Waals surface area contributed by atoms with Gasteiger partial charge in [-0.15, -0.1) is 0 Å². The number of amides is 1. The van der Waals surface area contributed by atoms with Crippen LogP contribution in [0.25, 0.3) is 10.9 Å². The quantitative estimate of drug-likeness (QED) is 0.403. The Hall–Kier alpha value is -2.52. The van der Waals surface area contributed by atoms with Gasteiger partial charge in [-0.2, -0.15) is 0 Å². The number of hydrogen-bond donors (Lipinski definition) is 2. The fourth-order valence-corrected chi connectivity index (χ4v) is 2.86. The minimum atomic E-state index is -0.777. The number of esters is 1. The third kappa shape index (κ3) is 5.01. The smallest absolute Gasteiger partial charge is 0.328 e. The summed E-state index contributed by atoms with van der Waals surface area (Å²) in [5.74, 6) is -0.953. The molecule has 9 heteroatoms. The predicted octanol–water partition coefficient (Wildman–Crippen LogP) is 1.78.